The molecule has 0 amide bonds. The fraction of sp³-hybridized carbons (Fsp3) is 0.333. The first-order valence-corrected chi connectivity index (χ1v) is 7.07. The van der Waals surface area contributed by atoms with E-state index in [0.717, 1.165) is 11.8 Å². The van der Waals surface area contributed by atoms with Crippen LogP contribution in [0, 0.1) is 5.82 Å². The number of carbonyl (C=O) groups is 1. The third-order valence-electron chi connectivity index (χ3n) is 3.78. The van der Waals surface area contributed by atoms with E-state index >= 15 is 0 Å². The summed E-state index contributed by atoms with van der Waals surface area (Å²) >= 11 is 0. The molecule has 9 heteroatoms. The van der Waals surface area contributed by atoms with Crippen LogP contribution in [0.2, 0.25) is 0 Å². The van der Waals surface area contributed by atoms with E-state index in [9.17, 15) is 22.4 Å². The van der Waals surface area contributed by atoms with Crippen molar-refractivity contribution in [3.05, 3.63) is 46.9 Å². The molecule has 0 radical (unpaired) electrons. The minimum absolute atomic E-state index is 0.00238. The van der Waals surface area contributed by atoms with E-state index in [4.69, 9.17) is 0 Å². The number of ether oxygens (including phenoxy) is 1. The van der Waals surface area contributed by atoms with Gasteiger partial charge in [-0.25, -0.2) is 13.9 Å². The molecule has 0 unspecified atom stereocenters. The molecular weight excluding hydrogens is 330 g/mol. The van der Waals surface area contributed by atoms with Crippen molar-refractivity contribution in [2.45, 2.75) is 19.3 Å². The molecule has 0 saturated carbocycles. The molecule has 0 fully saturated rings. The molecule has 2 heterocycles. The van der Waals surface area contributed by atoms with Crippen molar-refractivity contribution < 1.29 is 27.1 Å². The number of benzene rings is 1. The number of hydrogen-bond donors (Lipinski definition) is 0. The summed E-state index contributed by atoms with van der Waals surface area (Å²) in [5.74, 6) is -1.59. The van der Waals surface area contributed by atoms with Gasteiger partial charge in [0, 0.05) is 18.7 Å². The molecule has 5 nitrogen and oxygen atoms in total. The van der Waals surface area contributed by atoms with Gasteiger partial charge >= 0.3 is 12.1 Å². The average molecular weight is 343 g/mol. The van der Waals surface area contributed by atoms with Crippen LogP contribution in [0.1, 0.15) is 21.6 Å². The Kier molecular flexibility index (Phi) is 3.94. The van der Waals surface area contributed by atoms with Crippen LogP contribution in [0.5, 0.6) is 0 Å². The molecule has 0 N–H and O–H groups in total. The van der Waals surface area contributed by atoms with Crippen molar-refractivity contribution in [2.75, 3.05) is 18.6 Å². The van der Waals surface area contributed by atoms with Gasteiger partial charge < -0.3 is 9.64 Å². The molecule has 1 aliphatic heterocycles. The zero-order chi connectivity index (χ0) is 17.5. The van der Waals surface area contributed by atoms with Crippen LogP contribution in [0.3, 0.4) is 0 Å². The highest BCUT2D eigenvalue weighted by molar-refractivity contribution is 5.96. The van der Waals surface area contributed by atoms with Crippen molar-refractivity contribution in [1.29, 1.82) is 0 Å². The molecule has 2 aromatic rings. The summed E-state index contributed by atoms with van der Waals surface area (Å²) in [6.45, 7) is 0.516. The van der Waals surface area contributed by atoms with E-state index in [1.54, 1.807) is 6.07 Å². The number of halogens is 4. The SMILES string of the molecule is COC(=O)c1c(C(F)(F)F)nn2c1N(Cc1ccccc1F)CC2. The molecule has 1 aliphatic rings. The number of nitrogens with zero attached hydrogens (tertiary/aromatic N) is 3. The van der Waals surface area contributed by atoms with Gasteiger partial charge in [0.2, 0.25) is 0 Å². The van der Waals surface area contributed by atoms with Gasteiger partial charge in [-0.2, -0.15) is 18.3 Å². The zero-order valence-electron chi connectivity index (χ0n) is 12.6. The Balaban J connectivity index is 2.05. The van der Waals surface area contributed by atoms with Gasteiger partial charge in [-0.3, -0.25) is 0 Å². The molecule has 0 atom stereocenters. The van der Waals surface area contributed by atoms with Gasteiger partial charge in [0.1, 0.15) is 17.2 Å². The smallest absolute Gasteiger partial charge is 0.436 e. The van der Waals surface area contributed by atoms with E-state index in [1.807, 2.05) is 0 Å². The first-order valence-electron chi connectivity index (χ1n) is 7.07. The van der Waals surface area contributed by atoms with Crippen molar-refractivity contribution in [2.24, 2.45) is 0 Å². The predicted molar refractivity (Wildman–Crippen MR) is 76.0 cm³/mol. The summed E-state index contributed by atoms with van der Waals surface area (Å²) in [6, 6.07) is 5.96. The summed E-state index contributed by atoms with van der Waals surface area (Å²) in [5, 5.41) is 3.50. The Morgan fingerprint density at radius 3 is 2.62 bits per heavy atom. The van der Waals surface area contributed by atoms with Crippen LogP contribution in [0.4, 0.5) is 23.4 Å². The van der Waals surface area contributed by atoms with E-state index in [1.165, 1.54) is 23.1 Å². The number of rotatable bonds is 3. The minimum Gasteiger partial charge on any atom is -0.465 e. The standard InChI is InChI=1S/C15H13F4N3O2/c1-24-14(23)11-12(15(17,18)19)20-22-7-6-21(13(11)22)8-9-4-2-3-5-10(9)16/h2-5H,6-8H2,1H3. The van der Waals surface area contributed by atoms with E-state index in [2.05, 4.69) is 9.84 Å². The molecule has 3 rings (SSSR count). The highest BCUT2D eigenvalue weighted by atomic mass is 19.4. The number of carbonyl (C=O) groups excluding carboxylic acids is 1. The van der Waals surface area contributed by atoms with Crippen molar-refractivity contribution in [3.63, 3.8) is 0 Å². The van der Waals surface area contributed by atoms with Gasteiger partial charge in [0.05, 0.1) is 13.7 Å². The maximum atomic E-state index is 13.8. The first-order chi connectivity index (χ1) is 11.3. The Hall–Kier alpha value is -2.58. The lowest BCUT2D eigenvalue weighted by molar-refractivity contribution is -0.142. The molecular formula is C15H13F4N3O2. The number of hydrogen-bond acceptors (Lipinski definition) is 4. The van der Waals surface area contributed by atoms with Crippen molar-refractivity contribution >= 4 is 11.8 Å². The Bertz CT molecular complexity index is 786. The fourth-order valence-corrected chi connectivity index (χ4v) is 2.73. The number of aromatic nitrogens is 2. The lowest BCUT2D eigenvalue weighted by Gasteiger charge is -2.19. The number of alkyl halides is 3. The summed E-state index contributed by atoms with van der Waals surface area (Å²) in [6.07, 6.45) is -4.79. The maximum absolute atomic E-state index is 13.8. The molecule has 0 spiro atoms. The largest absolute Gasteiger partial charge is 0.465 e. The second kappa shape index (κ2) is 5.81. The summed E-state index contributed by atoms with van der Waals surface area (Å²) < 4.78 is 58.9. The molecule has 24 heavy (non-hydrogen) atoms. The molecule has 1 aromatic carbocycles. The third-order valence-corrected chi connectivity index (χ3v) is 3.78. The predicted octanol–water partition coefficient (Wildman–Crippen LogP) is 2.85. The fourth-order valence-electron chi connectivity index (χ4n) is 2.73. The van der Waals surface area contributed by atoms with Crippen LogP contribution < -0.4 is 4.90 Å². The topological polar surface area (TPSA) is 47.4 Å². The molecule has 0 saturated heterocycles. The van der Waals surface area contributed by atoms with Crippen LogP contribution >= 0.6 is 0 Å². The third kappa shape index (κ3) is 2.70. The van der Waals surface area contributed by atoms with E-state index in [-0.39, 0.29) is 18.9 Å². The van der Waals surface area contributed by atoms with Crippen molar-refractivity contribution in [3.8, 4) is 0 Å². The Labute approximate surface area is 134 Å². The van der Waals surface area contributed by atoms with Gasteiger partial charge in [-0.15, -0.1) is 0 Å². The second-order valence-corrected chi connectivity index (χ2v) is 5.27. The van der Waals surface area contributed by atoms with Gasteiger partial charge in [-0.1, -0.05) is 18.2 Å². The van der Waals surface area contributed by atoms with Gasteiger partial charge in [0.25, 0.3) is 0 Å². The minimum atomic E-state index is -4.79. The lowest BCUT2D eigenvalue weighted by atomic mass is 10.1. The van der Waals surface area contributed by atoms with Crippen LogP contribution in [-0.4, -0.2) is 29.4 Å². The maximum Gasteiger partial charge on any atom is 0.436 e. The number of methoxy groups -OCH3 is 1. The normalized spacial score (nSPS) is 14.0. The van der Waals surface area contributed by atoms with Gasteiger partial charge in [-0.05, 0) is 6.07 Å². The highest BCUT2D eigenvalue weighted by Gasteiger charge is 2.44. The van der Waals surface area contributed by atoms with E-state index in [0.29, 0.717) is 12.1 Å². The number of esters is 1. The van der Waals surface area contributed by atoms with Crippen LogP contribution in [0.25, 0.3) is 0 Å². The zero-order valence-corrected chi connectivity index (χ0v) is 12.6. The highest BCUT2D eigenvalue weighted by Crippen LogP contribution is 2.38. The van der Waals surface area contributed by atoms with Crippen molar-refractivity contribution in [1.82, 2.24) is 9.78 Å². The number of anilines is 1. The van der Waals surface area contributed by atoms with E-state index < -0.39 is 29.2 Å². The lowest BCUT2D eigenvalue weighted by Crippen LogP contribution is -2.24. The second-order valence-electron chi connectivity index (χ2n) is 5.27. The molecule has 0 aliphatic carbocycles. The monoisotopic (exact) mass is 343 g/mol. The summed E-state index contributed by atoms with van der Waals surface area (Å²) in [7, 11) is 1.00. The number of fused-ring (bicyclic) bond motifs is 1. The van der Waals surface area contributed by atoms with Gasteiger partial charge in [0.15, 0.2) is 5.69 Å². The molecule has 1 aromatic heterocycles. The summed E-state index contributed by atoms with van der Waals surface area (Å²) in [5.41, 5.74) is -1.61. The summed E-state index contributed by atoms with van der Waals surface area (Å²) in [4.78, 5) is 13.4. The Morgan fingerprint density at radius 2 is 2.00 bits per heavy atom. The first kappa shape index (κ1) is 16.3. The average Bonchev–Trinajstić information content (AvgIpc) is 3.08. The molecule has 128 valence electrons. The Morgan fingerprint density at radius 1 is 1.29 bits per heavy atom. The van der Waals surface area contributed by atoms with Crippen LogP contribution in [0.15, 0.2) is 24.3 Å². The quantitative estimate of drug-likeness (QED) is 0.635. The van der Waals surface area contributed by atoms with Crippen LogP contribution in [-0.2, 0) is 24.0 Å². The molecule has 0 bridgehead atoms.